The van der Waals surface area contributed by atoms with Gasteiger partial charge >= 0.3 is 0 Å². The highest BCUT2D eigenvalue weighted by Crippen LogP contribution is 2.15. The lowest BCUT2D eigenvalue weighted by Crippen LogP contribution is -2.85. The number of H-pyrrole nitrogens is 1. The fourth-order valence-corrected chi connectivity index (χ4v) is 2.77. The number of aromatic nitrogens is 2. The van der Waals surface area contributed by atoms with E-state index in [1.165, 1.54) is 5.56 Å². The predicted octanol–water partition coefficient (Wildman–Crippen LogP) is 2.44. The van der Waals surface area contributed by atoms with Crippen molar-refractivity contribution < 1.29 is 5.32 Å². The fourth-order valence-electron chi connectivity index (χ4n) is 2.60. The molecule has 0 saturated carbocycles. The van der Waals surface area contributed by atoms with Crippen LogP contribution in [0, 0.1) is 0 Å². The monoisotopic (exact) mass is 328 g/mol. The van der Waals surface area contributed by atoms with Gasteiger partial charge in [0.2, 0.25) is 0 Å². The maximum atomic E-state index is 12.2. The van der Waals surface area contributed by atoms with Crippen LogP contribution in [0.15, 0.2) is 53.3 Å². The van der Waals surface area contributed by atoms with Crippen LogP contribution in [0.25, 0.3) is 10.9 Å². The van der Waals surface area contributed by atoms with Crippen molar-refractivity contribution in [2.24, 2.45) is 0 Å². The van der Waals surface area contributed by atoms with Crippen LogP contribution in [0.1, 0.15) is 24.4 Å². The first-order valence-corrected chi connectivity index (χ1v) is 8.08. The van der Waals surface area contributed by atoms with Crippen LogP contribution in [0.5, 0.6) is 0 Å². The van der Waals surface area contributed by atoms with Crippen molar-refractivity contribution in [2.75, 3.05) is 6.54 Å². The molecule has 5 heteroatoms. The zero-order valence-corrected chi connectivity index (χ0v) is 13.7. The number of nitrogens with two attached hydrogens (primary N) is 1. The Morgan fingerprint density at radius 2 is 2.00 bits per heavy atom. The number of benzene rings is 2. The number of aromatic amines is 1. The van der Waals surface area contributed by atoms with E-state index in [1.807, 2.05) is 25.1 Å². The lowest BCUT2D eigenvalue weighted by atomic mass is 10.1. The van der Waals surface area contributed by atoms with E-state index < -0.39 is 0 Å². The van der Waals surface area contributed by atoms with Crippen LogP contribution in [-0.4, -0.2) is 16.5 Å². The molecule has 2 aromatic carbocycles. The molecule has 1 heterocycles. The summed E-state index contributed by atoms with van der Waals surface area (Å²) >= 11 is 5.99. The van der Waals surface area contributed by atoms with Crippen molar-refractivity contribution in [3.8, 4) is 0 Å². The Morgan fingerprint density at radius 3 is 2.78 bits per heavy atom. The minimum absolute atomic E-state index is 0.0785. The fraction of sp³-hybridized carbons (Fsp3) is 0.222. The van der Waals surface area contributed by atoms with E-state index in [9.17, 15) is 4.79 Å². The van der Waals surface area contributed by atoms with Crippen LogP contribution >= 0.6 is 11.6 Å². The Balaban J connectivity index is 1.73. The van der Waals surface area contributed by atoms with Gasteiger partial charge in [-0.25, -0.2) is 4.98 Å². The van der Waals surface area contributed by atoms with E-state index in [0.717, 1.165) is 13.0 Å². The molecular formula is C18H19ClN3O+. The number of rotatable bonds is 5. The molecular weight excluding hydrogens is 310 g/mol. The van der Waals surface area contributed by atoms with Gasteiger partial charge in [0.15, 0.2) is 5.82 Å². The molecule has 0 bridgehead atoms. The number of nitrogens with zero attached hydrogens (tertiary/aromatic N) is 1. The Bertz CT molecular complexity index is 861. The van der Waals surface area contributed by atoms with E-state index in [4.69, 9.17) is 11.6 Å². The van der Waals surface area contributed by atoms with Crippen LogP contribution in [-0.2, 0) is 6.42 Å². The second-order valence-corrected chi connectivity index (χ2v) is 6.10. The van der Waals surface area contributed by atoms with Gasteiger partial charge in [-0.2, -0.15) is 0 Å². The first kappa shape index (κ1) is 15.7. The van der Waals surface area contributed by atoms with E-state index in [1.54, 1.807) is 18.2 Å². The molecule has 0 unspecified atom stereocenters. The minimum Gasteiger partial charge on any atom is -0.337 e. The second-order valence-electron chi connectivity index (χ2n) is 5.66. The van der Waals surface area contributed by atoms with Crippen molar-refractivity contribution in [1.82, 2.24) is 9.97 Å². The summed E-state index contributed by atoms with van der Waals surface area (Å²) in [4.78, 5) is 19.6. The lowest BCUT2D eigenvalue weighted by Gasteiger charge is -2.11. The second kappa shape index (κ2) is 6.94. The normalized spacial score (nSPS) is 12.4. The molecule has 3 rings (SSSR count). The summed E-state index contributed by atoms with van der Waals surface area (Å²) in [6, 6.07) is 15.6. The van der Waals surface area contributed by atoms with Crippen molar-refractivity contribution in [3.05, 3.63) is 75.3 Å². The van der Waals surface area contributed by atoms with Crippen LogP contribution < -0.4 is 10.9 Å². The molecule has 118 valence electrons. The van der Waals surface area contributed by atoms with Crippen LogP contribution in [0.4, 0.5) is 0 Å². The number of halogens is 1. The van der Waals surface area contributed by atoms with Gasteiger partial charge in [0.05, 0.1) is 17.4 Å². The highest BCUT2D eigenvalue weighted by Gasteiger charge is 2.13. The van der Waals surface area contributed by atoms with Gasteiger partial charge in [-0.1, -0.05) is 41.9 Å². The predicted molar refractivity (Wildman–Crippen MR) is 92.7 cm³/mol. The van der Waals surface area contributed by atoms with Gasteiger partial charge in [0.25, 0.3) is 5.56 Å². The minimum atomic E-state index is -0.120. The molecule has 3 aromatic rings. The molecule has 0 fully saturated rings. The van der Waals surface area contributed by atoms with Crippen molar-refractivity contribution in [1.29, 1.82) is 0 Å². The summed E-state index contributed by atoms with van der Waals surface area (Å²) in [7, 11) is 0. The lowest BCUT2D eigenvalue weighted by molar-refractivity contribution is -0.693. The largest absolute Gasteiger partial charge is 0.337 e. The van der Waals surface area contributed by atoms with Crippen LogP contribution in [0.2, 0.25) is 5.02 Å². The van der Waals surface area contributed by atoms with E-state index in [0.29, 0.717) is 21.7 Å². The molecule has 0 aliphatic carbocycles. The third-order valence-electron chi connectivity index (χ3n) is 3.91. The third kappa shape index (κ3) is 3.78. The van der Waals surface area contributed by atoms with Gasteiger partial charge < -0.3 is 10.3 Å². The average molecular weight is 329 g/mol. The molecule has 0 radical (unpaired) electrons. The Hall–Kier alpha value is -2.17. The summed E-state index contributed by atoms with van der Waals surface area (Å²) in [5.41, 5.74) is 1.83. The molecule has 0 aliphatic rings. The summed E-state index contributed by atoms with van der Waals surface area (Å²) in [5.74, 6) is 0.679. The van der Waals surface area contributed by atoms with E-state index >= 15 is 0 Å². The Labute approximate surface area is 139 Å². The van der Waals surface area contributed by atoms with E-state index in [-0.39, 0.29) is 11.6 Å². The molecule has 1 atom stereocenters. The van der Waals surface area contributed by atoms with Crippen molar-refractivity contribution in [3.63, 3.8) is 0 Å². The highest BCUT2D eigenvalue weighted by molar-refractivity contribution is 6.31. The van der Waals surface area contributed by atoms with Gasteiger partial charge in [-0.05, 0) is 30.7 Å². The topological polar surface area (TPSA) is 62.4 Å². The molecule has 0 saturated heterocycles. The first-order valence-electron chi connectivity index (χ1n) is 7.70. The quantitative estimate of drug-likeness (QED) is 0.755. The summed E-state index contributed by atoms with van der Waals surface area (Å²) < 4.78 is 0. The number of nitrogens with one attached hydrogen (secondary N) is 1. The van der Waals surface area contributed by atoms with Gasteiger partial charge in [0, 0.05) is 11.4 Å². The average Bonchev–Trinajstić information content (AvgIpc) is 2.55. The molecule has 1 aromatic heterocycles. The number of quaternary nitrogens is 1. The molecule has 0 amide bonds. The molecule has 0 aliphatic heterocycles. The van der Waals surface area contributed by atoms with Gasteiger partial charge in [-0.15, -0.1) is 0 Å². The summed E-state index contributed by atoms with van der Waals surface area (Å²) in [5, 5.41) is 3.33. The summed E-state index contributed by atoms with van der Waals surface area (Å²) in [6.45, 7) is 2.97. The number of hydrogen-bond donors (Lipinski definition) is 2. The van der Waals surface area contributed by atoms with Crippen molar-refractivity contribution in [2.45, 2.75) is 19.4 Å². The van der Waals surface area contributed by atoms with Gasteiger partial charge in [0.1, 0.15) is 6.04 Å². The molecule has 4 nitrogen and oxygen atoms in total. The van der Waals surface area contributed by atoms with Crippen LogP contribution in [0.3, 0.4) is 0 Å². The summed E-state index contributed by atoms with van der Waals surface area (Å²) in [6.07, 6.45) is 0.981. The SMILES string of the molecule is C[C@H]([NH2+]CCc1ccccc1)c1nc2cc(Cl)ccc2c(=O)[nH]1. The molecule has 0 spiro atoms. The molecule has 23 heavy (non-hydrogen) atoms. The third-order valence-corrected chi connectivity index (χ3v) is 4.15. The van der Waals surface area contributed by atoms with E-state index in [2.05, 4.69) is 27.4 Å². The Kier molecular flexibility index (Phi) is 4.74. The Morgan fingerprint density at radius 1 is 1.22 bits per heavy atom. The zero-order valence-electron chi connectivity index (χ0n) is 12.9. The smallest absolute Gasteiger partial charge is 0.258 e. The number of fused-ring (bicyclic) bond motifs is 1. The highest BCUT2D eigenvalue weighted by atomic mass is 35.5. The first-order chi connectivity index (χ1) is 11.1. The van der Waals surface area contributed by atoms with Crippen molar-refractivity contribution >= 4 is 22.5 Å². The maximum Gasteiger partial charge on any atom is 0.258 e. The maximum absolute atomic E-state index is 12.2. The van der Waals surface area contributed by atoms with Gasteiger partial charge in [-0.3, -0.25) is 4.79 Å². The zero-order chi connectivity index (χ0) is 16.2. The standard InChI is InChI=1S/C18H18ClN3O/c1-12(20-10-9-13-5-3-2-4-6-13)17-21-16-11-14(19)7-8-15(16)18(23)22-17/h2-8,11-12,20H,9-10H2,1H3,(H,21,22,23)/p+1/t12-/m0/s1. The molecule has 3 N–H and O–H groups in total. The number of hydrogen-bond acceptors (Lipinski definition) is 2.